The largest absolute Gasteiger partial charge is 0.490 e. The molecule has 0 aromatic heterocycles. The minimum atomic E-state index is -0.193. The average molecular weight is 405 g/mol. The number of ether oxygens (including phenoxy) is 2. The van der Waals surface area contributed by atoms with Gasteiger partial charge in [-0.2, -0.15) is 0 Å². The molecule has 3 rings (SSSR count). The molecule has 1 amide bonds. The van der Waals surface area contributed by atoms with Gasteiger partial charge in [0.2, 0.25) is 0 Å². The molecule has 30 heavy (non-hydrogen) atoms. The SMILES string of the molecule is CCN(CC)CCOc1ccccc1NC(=O)c1ccc(Oc2ccccc2)cc1. The number of anilines is 1. The highest BCUT2D eigenvalue weighted by molar-refractivity contribution is 6.05. The van der Waals surface area contributed by atoms with E-state index in [1.807, 2.05) is 54.6 Å². The number of hydrogen-bond donors (Lipinski definition) is 1. The van der Waals surface area contributed by atoms with Crippen LogP contribution in [0.1, 0.15) is 24.2 Å². The number of hydrogen-bond acceptors (Lipinski definition) is 4. The van der Waals surface area contributed by atoms with Crippen molar-refractivity contribution in [3.05, 3.63) is 84.4 Å². The summed E-state index contributed by atoms with van der Waals surface area (Å²) in [6.07, 6.45) is 0. The van der Waals surface area contributed by atoms with E-state index >= 15 is 0 Å². The van der Waals surface area contributed by atoms with Crippen molar-refractivity contribution in [1.82, 2.24) is 4.90 Å². The monoisotopic (exact) mass is 404 g/mol. The van der Waals surface area contributed by atoms with Crippen molar-refractivity contribution in [2.24, 2.45) is 0 Å². The first-order valence-corrected chi connectivity index (χ1v) is 10.3. The zero-order chi connectivity index (χ0) is 21.2. The van der Waals surface area contributed by atoms with Crippen LogP contribution in [0.25, 0.3) is 0 Å². The van der Waals surface area contributed by atoms with Gasteiger partial charge in [0.1, 0.15) is 23.9 Å². The summed E-state index contributed by atoms with van der Waals surface area (Å²) in [5.74, 6) is 1.91. The first kappa shape index (κ1) is 21.4. The topological polar surface area (TPSA) is 50.8 Å². The van der Waals surface area contributed by atoms with Gasteiger partial charge in [0.25, 0.3) is 5.91 Å². The number of amides is 1. The lowest BCUT2D eigenvalue weighted by molar-refractivity contribution is 0.102. The fourth-order valence-electron chi connectivity index (χ4n) is 3.01. The van der Waals surface area contributed by atoms with Crippen molar-refractivity contribution in [1.29, 1.82) is 0 Å². The van der Waals surface area contributed by atoms with Gasteiger partial charge in [0.05, 0.1) is 5.69 Å². The summed E-state index contributed by atoms with van der Waals surface area (Å²) in [6, 6.07) is 24.1. The van der Waals surface area contributed by atoms with Gasteiger partial charge in [-0.15, -0.1) is 0 Å². The van der Waals surface area contributed by atoms with E-state index in [0.717, 1.165) is 25.4 Å². The lowest BCUT2D eigenvalue weighted by Crippen LogP contribution is -2.28. The predicted octanol–water partition coefficient (Wildman–Crippen LogP) is 5.45. The summed E-state index contributed by atoms with van der Waals surface area (Å²) < 4.78 is 11.7. The fourth-order valence-corrected chi connectivity index (χ4v) is 3.01. The molecule has 0 spiro atoms. The third-order valence-corrected chi connectivity index (χ3v) is 4.79. The molecular weight excluding hydrogens is 376 g/mol. The molecule has 0 bridgehead atoms. The van der Waals surface area contributed by atoms with E-state index in [1.165, 1.54) is 0 Å². The summed E-state index contributed by atoms with van der Waals surface area (Å²) in [5, 5.41) is 2.94. The van der Waals surface area contributed by atoms with Gasteiger partial charge in [-0.1, -0.05) is 44.2 Å². The number of para-hydroxylation sites is 3. The molecule has 0 radical (unpaired) electrons. The van der Waals surface area contributed by atoms with E-state index in [0.29, 0.717) is 29.4 Å². The van der Waals surface area contributed by atoms with E-state index in [4.69, 9.17) is 9.47 Å². The van der Waals surface area contributed by atoms with Crippen molar-refractivity contribution >= 4 is 11.6 Å². The maximum Gasteiger partial charge on any atom is 0.255 e. The highest BCUT2D eigenvalue weighted by Crippen LogP contribution is 2.25. The van der Waals surface area contributed by atoms with Crippen LogP contribution in [-0.2, 0) is 0 Å². The van der Waals surface area contributed by atoms with Gasteiger partial charge in [0.15, 0.2) is 0 Å². The number of nitrogens with one attached hydrogen (secondary N) is 1. The highest BCUT2D eigenvalue weighted by Gasteiger charge is 2.11. The molecule has 0 heterocycles. The van der Waals surface area contributed by atoms with Gasteiger partial charge < -0.3 is 19.7 Å². The smallest absolute Gasteiger partial charge is 0.255 e. The first-order valence-electron chi connectivity index (χ1n) is 10.3. The van der Waals surface area contributed by atoms with Crippen LogP contribution < -0.4 is 14.8 Å². The van der Waals surface area contributed by atoms with Crippen LogP contribution in [0.4, 0.5) is 5.69 Å². The quantitative estimate of drug-likeness (QED) is 0.488. The van der Waals surface area contributed by atoms with Crippen LogP contribution in [0, 0.1) is 0 Å². The minimum absolute atomic E-state index is 0.193. The molecule has 3 aromatic rings. The Morgan fingerprint density at radius 1 is 0.833 bits per heavy atom. The Balaban J connectivity index is 1.60. The Labute approximate surface area is 178 Å². The molecule has 1 N–H and O–H groups in total. The Kier molecular flexibility index (Phi) is 7.86. The summed E-state index contributed by atoms with van der Waals surface area (Å²) in [7, 11) is 0. The van der Waals surface area contributed by atoms with Gasteiger partial charge in [-0.25, -0.2) is 0 Å². The molecule has 5 nitrogen and oxygen atoms in total. The van der Waals surface area contributed by atoms with E-state index in [1.54, 1.807) is 24.3 Å². The molecule has 0 aliphatic rings. The standard InChI is InChI=1S/C25H28N2O3/c1-3-27(4-2)18-19-29-24-13-9-8-12-23(24)26-25(28)20-14-16-22(17-15-20)30-21-10-6-5-7-11-21/h5-17H,3-4,18-19H2,1-2H3,(H,26,28). The maximum atomic E-state index is 12.7. The Morgan fingerprint density at radius 3 is 2.17 bits per heavy atom. The van der Waals surface area contributed by atoms with E-state index in [2.05, 4.69) is 24.1 Å². The molecule has 0 saturated heterocycles. The second-order valence-corrected chi connectivity index (χ2v) is 6.77. The van der Waals surface area contributed by atoms with Crippen LogP contribution in [0.5, 0.6) is 17.2 Å². The summed E-state index contributed by atoms with van der Waals surface area (Å²) in [6.45, 7) is 7.66. The number of carbonyl (C=O) groups is 1. The molecule has 0 unspecified atom stereocenters. The van der Waals surface area contributed by atoms with Crippen LogP contribution >= 0.6 is 0 Å². The van der Waals surface area contributed by atoms with Crippen LogP contribution in [-0.4, -0.2) is 37.0 Å². The van der Waals surface area contributed by atoms with Crippen LogP contribution in [0.15, 0.2) is 78.9 Å². The fraction of sp³-hybridized carbons (Fsp3) is 0.240. The van der Waals surface area contributed by atoms with E-state index in [9.17, 15) is 4.79 Å². The maximum absolute atomic E-state index is 12.7. The lowest BCUT2D eigenvalue weighted by atomic mass is 10.2. The molecule has 0 saturated carbocycles. The predicted molar refractivity (Wildman–Crippen MR) is 121 cm³/mol. The van der Waals surface area contributed by atoms with Crippen molar-refractivity contribution < 1.29 is 14.3 Å². The summed E-state index contributed by atoms with van der Waals surface area (Å²) >= 11 is 0. The number of nitrogens with zero attached hydrogens (tertiary/aromatic N) is 1. The van der Waals surface area contributed by atoms with Gasteiger partial charge in [-0.3, -0.25) is 4.79 Å². The Bertz CT molecular complexity index is 923. The average Bonchev–Trinajstić information content (AvgIpc) is 2.79. The highest BCUT2D eigenvalue weighted by atomic mass is 16.5. The number of likely N-dealkylation sites (N-methyl/N-ethyl adjacent to an activating group) is 1. The molecule has 0 atom stereocenters. The molecule has 0 aliphatic heterocycles. The molecule has 0 fully saturated rings. The second-order valence-electron chi connectivity index (χ2n) is 6.77. The van der Waals surface area contributed by atoms with Crippen molar-refractivity contribution in [2.45, 2.75) is 13.8 Å². The van der Waals surface area contributed by atoms with E-state index < -0.39 is 0 Å². The van der Waals surface area contributed by atoms with Crippen molar-refractivity contribution in [2.75, 3.05) is 31.6 Å². The normalized spacial score (nSPS) is 10.6. The molecule has 5 heteroatoms. The second kappa shape index (κ2) is 11.0. The third-order valence-electron chi connectivity index (χ3n) is 4.79. The van der Waals surface area contributed by atoms with Gasteiger partial charge >= 0.3 is 0 Å². The zero-order valence-electron chi connectivity index (χ0n) is 17.5. The molecule has 3 aromatic carbocycles. The van der Waals surface area contributed by atoms with E-state index in [-0.39, 0.29) is 5.91 Å². The lowest BCUT2D eigenvalue weighted by Gasteiger charge is -2.19. The Hall–Kier alpha value is -3.31. The first-order chi connectivity index (χ1) is 14.7. The third kappa shape index (κ3) is 6.09. The van der Waals surface area contributed by atoms with Crippen molar-refractivity contribution in [3.8, 4) is 17.2 Å². The molecule has 156 valence electrons. The molecular formula is C25H28N2O3. The van der Waals surface area contributed by atoms with Crippen LogP contribution in [0.2, 0.25) is 0 Å². The number of benzene rings is 3. The minimum Gasteiger partial charge on any atom is -0.490 e. The summed E-state index contributed by atoms with van der Waals surface area (Å²) in [5.41, 5.74) is 1.21. The van der Waals surface area contributed by atoms with Crippen LogP contribution in [0.3, 0.4) is 0 Å². The number of rotatable bonds is 10. The molecule has 0 aliphatic carbocycles. The van der Waals surface area contributed by atoms with Crippen molar-refractivity contribution in [3.63, 3.8) is 0 Å². The Morgan fingerprint density at radius 2 is 1.47 bits per heavy atom. The zero-order valence-corrected chi connectivity index (χ0v) is 17.5. The summed E-state index contributed by atoms with van der Waals surface area (Å²) in [4.78, 5) is 15.0. The van der Waals surface area contributed by atoms with Gasteiger partial charge in [0, 0.05) is 12.1 Å². The van der Waals surface area contributed by atoms with Gasteiger partial charge in [-0.05, 0) is 61.6 Å². The number of carbonyl (C=O) groups excluding carboxylic acids is 1.